The van der Waals surface area contributed by atoms with Crippen LogP contribution in [0.5, 0.6) is 0 Å². The molecule has 6 heteroatoms. The Morgan fingerprint density at radius 1 is 1.04 bits per heavy atom. The van der Waals surface area contributed by atoms with Crippen molar-refractivity contribution < 1.29 is 9.59 Å². The molecule has 0 N–H and O–H groups in total. The number of hydrogen-bond acceptors (Lipinski definition) is 4. The van der Waals surface area contributed by atoms with Gasteiger partial charge in [0.15, 0.2) is 0 Å². The average Bonchev–Trinajstić information content (AvgIpc) is 2.92. The lowest BCUT2D eigenvalue weighted by molar-refractivity contribution is -0.131. The third kappa shape index (κ3) is 3.90. The summed E-state index contributed by atoms with van der Waals surface area (Å²) in [4.78, 5) is 34.3. The lowest BCUT2D eigenvalue weighted by atomic mass is 10.1. The fourth-order valence-electron chi connectivity index (χ4n) is 3.13. The van der Waals surface area contributed by atoms with E-state index in [1.54, 1.807) is 11.3 Å². The van der Waals surface area contributed by atoms with Crippen molar-refractivity contribution in [2.24, 2.45) is 0 Å². The van der Waals surface area contributed by atoms with Crippen LogP contribution < -0.4 is 0 Å². The molecule has 2 heterocycles. The van der Waals surface area contributed by atoms with Gasteiger partial charge >= 0.3 is 0 Å². The predicted molar refractivity (Wildman–Crippen MR) is 99.0 cm³/mol. The van der Waals surface area contributed by atoms with Crippen molar-refractivity contribution in [3.05, 3.63) is 51.0 Å². The standard InChI is InChI=1S/C19H23N3O2S/c1-13-6-4-5-7-16(13)19(24)22-10-8-21(9-11-22)18(23)12-17-14(2)20-15(3)25-17/h4-7H,8-12H2,1-3H3. The van der Waals surface area contributed by atoms with Gasteiger partial charge in [0.1, 0.15) is 0 Å². The number of thiazole rings is 1. The molecule has 0 atom stereocenters. The second kappa shape index (κ2) is 7.35. The summed E-state index contributed by atoms with van der Waals surface area (Å²) >= 11 is 1.59. The fourth-order valence-corrected chi connectivity index (χ4v) is 4.06. The first-order valence-corrected chi connectivity index (χ1v) is 9.33. The Labute approximate surface area is 152 Å². The fraction of sp³-hybridized carbons (Fsp3) is 0.421. The van der Waals surface area contributed by atoms with E-state index < -0.39 is 0 Å². The number of rotatable bonds is 3. The number of benzene rings is 1. The summed E-state index contributed by atoms with van der Waals surface area (Å²) in [7, 11) is 0. The number of aromatic nitrogens is 1. The molecule has 1 aliphatic rings. The summed E-state index contributed by atoms with van der Waals surface area (Å²) in [5, 5.41) is 0.994. The Bertz CT molecular complexity index is 792. The molecule has 0 radical (unpaired) electrons. The van der Waals surface area contributed by atoms with Gasteiger partial charge in [-0.25, -0.2) is 4.98 Å². The van der Waals surface area contributed by atoms with Gasteiger partial charge in [-0.05, 0) is 32.4 Å². The van der Waals surface area contributed by atoms with Crippen LogP contribution in [0.25, 0.3) is 0 Å². The molecule has 1 saturated heterocycles. The predicted octanol–water partition coefficient (Wildman–Crippen LogP) is 2.60. The van der Waals surface area contributed by atoms with Gasteiger partial charge in [-0.2, -0.15) is 0 Å². The number of carbonyl (C=O) groups is 2. The number of piperazine rings is 1. The zero-order valence-electron chi connectivity index (χ0n) is 14.9. The Morgan fingerprint density at radius 2 is 1.68 bits per heavy atom. The molecule has 1 aromatic carbocycles. The summed E-state index contributed by atoms with van der Waals surface area (Å²) in [5.41, 5.74) is 2.68. The topological polar surface area (TPSA) is 53.5 Å². The molecule has 0 bridgehead atoms. The van der Waals surface area contributed by atoms with E-state index in [4.69, 9.17) is 0 Å². The van der Waals surface area contributed by atoms with Gasteiger partial charge in [-0.1, -0.05) is 18.2 Å². The molecule has 5 nitrogen and oxygen atoms in total. The summed E-state index contributed by atoms with van der Waals surface area (Å²) in [5.74, 6) is 0.175. The molecule has 1 aromatic heterocycles. The van der Waals surface area contributed by atoms with Crippen LogP contribution >= 0.6 is 11.3 Å². The lowest BCUT2D eigenvalue weighted by Gasteiger charge is -2.35. The van der Waals surface area contributed by atoms with Crippen LogP contribution in [0.3, 0.4) is 0 Å². The van der Waals surface area contributed by atoms with Crippen LogP contribution in [0.2, 0.25) is 0 Å². The van der Waals surface area contributed by atoms with E-state index in [1.807, 2.05) is 54.8 Å². The maximum absolute atomic E-state index is 12.7. The second-order valence-corrected chi connectivity index (χ2v) is 7.69. The van der Waals surface area contributed by atoms with E-state index in [1.165, 1.54) is 0 Å². The molecule has 1 fully saturated rings. The average molecular weight is 357 g/mol. The molecule has 2 amide bonds. The highest BCUT2D eigenvalue weighted by Gasteiger charge is 2.26. The first-order valence-electron chi connectivity index (χ1n) is 8.51. The third-order valence-corrected chi connectivity index (χ3v) is 5.68. The van der Waals surface area contributed by atoms with E-state index >= 15 is 0 Å². The van der Waals surface area contributed by atoms with Gasteiger partial charge in [-0.15, -0.1) is 11.3 Å². The highest BCUT2D eigenvalue weighted by Crippen LogP contribution is 2.19. The van der Waals surface area contributed by atoms with Crippen molar-refractivity contribution in [3.63, 3.8) is 0 Å². The zero-order valence-corrected chi connectivity index (χ0v) is 15.7. The largest absolute Gasteiger partial charge is 0.339 e. The number of hydrogen-bond donors (Lipinski definition) is 0. The van der Waals surface area contributed by atoms with Crippen LogP contribution in [0.1, 0.15) is 31.5 Å². The monoisotopic (exact) mass is 357 g/mol. The van der Waals surface area contributed by atoms with E-state index in [9.17, 15) is 9.59 Å². The molecule has 2 aromatic rings. The van der Waals surface area contributed by atoms with Crippen LogP contribution in [0, 0.1) is 20.8 Å². The minimum absolute atomic E-state index is 0.0547. The molecule has 0 saturated carbocycles. The van der Waals surface area contributed by atoms with E-state index in [0.29, 0.717) is 32.6 Å². The molecular weight excluding hydrogens is 334 g/mol. The van der Waals surface area contributed by atoms with Crippen LogP contribution in [-0.4, -0.2) is 52.8 Å². The first-order chi connectivity index (χ1) is 12.0. The van der Waals surface area contributed by atoms with Crippen molar-refractivity contribution in [1.82, 2.24) is 14.8 Å². The minimum Gasteiger partial charge on any atom is -0.339 e. The Kier molecular flexibility index (Phi) is 5.18. The molecule has 132 valence electrons. The normalized spacial score (nSPS) is 14.7. The summed E-state index contributed by atoms with van der Waals surface area (Å²) in [6.07, 6.45) is 0.406. The minimum atomic E-state index is 0.0547. The number of carbonyl (C=O) groups excluding carboxylic acids is 2. The van der Waals surface area contributed by atoms with Gasteiger partial charge < -0.3 is 9.80 Å². The first kappa shape index (κ1) is 17.6. The molecule has 0 aliphatic carbocycles. The van der Waals surface area contributed by atoms with E-state index in [2.05, 4.69) is 4.98 Å². The molecule has 0 unspecified atom stereocenters. The van der Waals surface area contributed by atoms with Crippen LogP contribution in [0.15, 0.2) is 24.3 Å². The smallest absolute Gasteiger partial charge is 0.254 e. The molecule has 25 heavy (non-hydrogen) atoms. The van der Waals surface area contributed by atoms with Gasteiger partial charge in [0.05, 0.1) is 17.1 Å². The van der Waals surface area contributed by atoms with Crippen LogP contribution in [0.4, 0.5) is 0 Å². The van der Waals surface area contributed by atoms with Gasteiger partial charge in [0.25, 0.3) is 5.91 Å². The Balaban J connectivity index is 1.58. The van der Waals surface area contributed by atoms with Crippen molar-refractivity contribution >= 4 is 23.2 Å². The zero-order chi connectivity index (χ0) is 18.0. The molecule has 1 aliphatic heterocycles. The van der Waals surface area contributed by atoms with Crippen molar-refractivity contribution in [1.29, 1.82) is 0 Å². The van der Waals surface area contributed by atoms with Crippen molar-refractivity contribution in [3.8, 4) is 0 Å². The quantitative estimate of drug-likeness (QED) is 0.848. The Morgan fingerprint density at radius 3 is 2.28 bits per heavy atom. The molecular formula is C19H23N3O2S. The van der Waals surface area contributed by atoms with Gasteiger partial charge in [-0.3, -0.25) is 9.59 Å². The molecule has 0 spiro atoms. The molecule has 3 rings (SSSR count). The van der Waals surface area contributed by atoms with Gasteiger partial charge in [0.2, 0.25) is 5.91 Å². The number of aryl methyl sites for hydroxylation is 3. The van der Waals surface area contributed by atoms with E-state index in [0.717, 1.165) is 26.7 Å². The SMILES string of the molecule is Cc1nc(C)c(CC(=O)N2CCN(C(=O)c3ccccc3C)CC2)s1. The number of amides is 2. The van der Waals surface area contributed by atoms with Crippen LogP contribution in [-0.2, 0) is 11.2 Å². The Hall–Kier alpha value is -2.21. The second-order valence-electron chi connectivity index (χ2n) is 6.41. The van der Waals surface area contributed by atoms with Crippen molar-refractivity contribution in [2.75, 3.05) is 26.2 Å². The number of nitrogens with zero attached hydrogens (tertiary/aromatic N) is 3. The highest BCUT2D eigenvalue weighted by molar-refractivity contribution is 7.11. The summed E-state index contributed by atoms with van der Waals surface area (Å²) < 4.78 is 0. The third-order valence-electron chi connectivity index (χ3n) is 4.61. The van der Waals surface area contributed by atoms with Crippen molar-refractivity contribution in [2.45, 2.75) is 27.2 Å². The maximum atomic E-state index is 12.7. The lowest BCUT2D eigenvalue weighted by Crippen LogP contribution is -2.51. The van der Waals surface area contributed by atoms with Gasteiger partial charge in [0, 0.05) is 36.6 Å². The highest BCUT2D eigenvalue weighted by atomic mass is 32.1. The maximum Gasteiger partial charge on any atom is 0.254 e. The summed E-state index contributed by atoms with van der Waals surface area (Å²) in [6, 6.07) is 7.64. The van der Waals surface area contributed by atoms with E-state index in [-0.39, 0.29) is 11.8 Å². The summed E-state index contributed by atoms with van der Waals surface area (Å²) in [6.45, 7) is 8.21.